The van der Waals surface area contributed by atoms with Gasteiger partial charge in [-0.2, -0.15) is 0 Å². The fourth-order valence-electron chi connectivity index (χ4n) is 1.81. The first-order valence-electron chi connectivity index (χ1n) is 6.59. The number of hydrogen-bond acceptors (Lipinski definition) is 6. The minimum atomic E-state index is -1.15. The number of aromatic carboxylic acids is 1. The van der Waals surface area contributed by atoms with Crippen LogP contribution in [0.3, 0.4) is 0 Å². The number of hydrogen-bond donors (Lipinski definition) is 1. The van der Waals surface area contributed by atoms with E-state index in [0.29, 0.717) is 3.57 Å². The first-order chi connectivity index (χ1) is 11.8. The van der Waals surface area contributed by atoms with E-state index in [4.69, 9.17) is 5.11 Å². The van der Waals surface area contributed by atoms with E-state index in [1.54, 1.807) is 18.2 Å². The second-order valence-electron chi connectivity index (χ2n) is 4.57. The van der Waals surface area contributed by atoms with Crippen LogP contribution in [0.2, 0.25) is 0 Å². The second kappa shape index (κ2) is 7.83. The van der Waals surface area contributed by atoms with E-state index in [1.165, 1.54) is 18.2 Å². The summed E-state index contributed by atoms with van der Waals surface area (Å²) in [6, 6.07) is 10.3. The Kier molecular flexibility index (Phi) is 5.80. The molecule has 0 aliphatic carbocycles. The van der Waals surface area contributed by atoms with E-state index < -0.39 is 17.7 Å². The van der Waals surface area contributed by atoms with Crippen LogP contribution in [-0.4, -0.2) is 27.8 Å². The van der Waals surface area contributed by atoms with Crippen LogP contribution in [0.1, 0.15) is 20.7 Å². The van der Waals surface area contributed by atoms with Crippen molar-refractivity contribution < 1.29 is 29.2 Å². The number of fused-ring (bicyclic) bond motifs is 1. The van der Waals surface area contributed by atoms with E-state index in [9.17, 15) is 24.5 Å². The zero-order valence-corrected chi connectivity index (χ0v) is 14.4. The van der Waals surface area contributed by atoms with Gasteiger partial charge in [-0.05, 0) is 46.9 Å². The average molecular weight is 453 g/mol. The quantitative estimate of drug-likeness (QED) is 0.244. The van der Waals surface area contributed by atoms with Crippen molar-refractivity contribution in [2.24, 2.45) is 0 Å². The first kappa shape index (κ1) is 18.5. The Bertz CT molecular complexity index is 879. The number of ether oxygens (including phenoxy) is 1. The number of para-hydroxylation sites is 1. The molecule has 0 aromatic heterocycles. The van der Waals surface area contributed by atoms with Gasteiger partial charge >= 0.3 is 11.9 Å². The minimum Gasteiger partial charge on any atom is -0.478 e. The topological polar surface area (TPSA) is 124 Å². The van der Waals surface area contributed by atoms with Gasteiger partial charge in [-0.3, -0.25) is 19.7 Å². The number of nitro benzene ring substituents is 1. The highest BCUT2D eigenvalue weighted by Gasteiger charge is 2.26. The summed E-state index contributed by atoms with van der Waals surface area (Å²) in [5, 5.41) is 18.9. The van der Waals surface area contributed by atoms with Crippen LogP contribution in [0.4, 0.5) is 5.69 Å². The molecule has 1 N–H and O–H groups in total. The molecule has 126 valence electrons. The number of carboxylic acid groups (broad SMARTS) is 1. The van der Waals surface area contributed by atoms with E-state index in [-0.39, 0.29) is 27.5 Å². The van der Waals surface area contributed by atoms with Gasteiger partial charge in [0, 0.05) is 6.07 Å². The molecule has 0 atom stereocenters. The largest absolute Gasteiger partial charge is 0.478 e. The number of Topliss-reactive ketones (excluding diaryl/α,β-unsaturated/α-hetero) is 1. The predicted molar refractivity (Wildman–Crippen MR) is 92.4 cm³/mol. The second-order valence-corrected chi connectivity index (χ2v) is 5.73. The monoisotopic (exact) mass is 453 g/mol. The normalized spacial score (nSPS) is 12.4. The van der Waals surface area contributed by atoms with Crippen LogP contribution < -0.4 is 4.74 Å². The molecule has 8 nitrogen and oxygen atoms in total. The third kappa shape index (κ3) is 4.59. The van der Waals surface area contributed by atoms with Gasteiger partial charge in [-0.15, -0.1) is 0 Å². The lowest BCUT2D eigenvalue weighted by Crippen LogP contribution is -2.22. The molecule has 2 radical (unpaired) electrons. The number of ketones is 1. The number of rotatable bonds is 2. The number of carbonyl (C=O) groups is 3. The molecule has 2 aromatic carbocycles. The van der Waals surface area contributed by atoms with Crippen molar-refractivity contribution in [2.75, 3.05) is 0 Å². The summed E-state index contributed by atoms with van der Waals surface area (Å²) >= 11 is 1.93. The van der Waals surface area contributed by atoms with Crippen molar-refractivity contribution in [1.29, 1.82) is 0 Å². The van der Waals surface area contributed by atoms with Gasteiger partial charge in [0.05, 0.1) is 19.6 Å². The third-order valence-corrected chi connectivity index (χ3v) is 3.85. The number of carboxylic acids is 1. The Hall–Kier alpha value is -2.82. The molecule has 0 amide bonds. The molecule has 1 aliphatic heterocycles. The van der Waals surface area contributed by atoms with E-state index >= 15 is 0 Å². The molecule has 0 unspecified atom stereocenters. The molecule has 3 rings (SSSR count). The van der Waals surface area contributed by atoms with Gasteiger partial charge in [0.1, 0.15) is 5.75 Å². The lowest BCUT2D eigenvalue weighted by atomic mass is 10.0. The maximum Gasteiger partial charge on any atom is 0.335 e. The van der Waals surface area contributed by atoms with Crippen LogP contribution in [0.15, 0.2) is 42.5 Å². The number of esters is 1. The summed E-state index contributed by atoms with van der Waals surface area (Å²) in [7, 11) is 0. The zero-order chi connectivity index (χ0) is 18.6. The highest BCUT2D eigenvalue weighted by Crippen LogP contribution is 2.25. The Morgan fingerprint density at radius 2 is 1.88 bits per heavy atom. The molecule has 0 saturated carbocycles. The Morgan fingerprint density at radius 3 is 2.44 bits per heavy atom. The average Bonchev–Trinajstić information content (AvgIpc) is 2.55. The molecule has 2 aromatic rings. The van der Waals surface area contributed by atoms with E-state index in [0.717, 1.165) is 6.07 Å². The van der Waals surface area contributed by atoms with Gasteiger partial charge in [-0.1, -0.05) is 12.1 Å². The van der Waals surface area contributed by atoms with Gasteiger partial charge in [0.15, 0.2) is 12.2 Å². The lowest BCUT2D eigenvalue weighted by molar-refractivity contribution is -0.385. The van der Waals surface area contributed by atoms with E-state index in [1.807, 2.05) is 29.0 Å². The molecule has 0 fully saturated rings. The van der Waals surface area contributed by atoms with Crippen LogP contribution >= 0.6 is 22.6 Å². The zero-order valence-electron chi connectivity index (χ0n) is 12.3. The number of carbonyl (C=O) groups excluding carboxylic acids is 2. The van der Waals surface area contributed by atoms with Gasteiger partial charge in [0.25, 0.3) is 5.69 Å². The molecular formula is C16H8INO7. The molecule has 0 bridgehead atoms. The maximum absolute atomic E-state index is 11.3. The number of benzene rings is 2. The van der Waals surface area contributed by atoms with Crippen molar-refractivity contribution in [3.63, 3.8) is 0 Å². The van der Waals surface area contributed by atoms with Crippen molar-refractivity contribution in [1.82, 2.24) is 0 Å². The van der Waals surface area contributed by atoms with Crippen molar-refractivity contribution >= 4 is 46.0 Å². The van der Waals surface area contributed by atoms with Crippen LogP contribution in [-0.2, 0) is 4.79 Å². The summed E-state index contributed by atoms with van der Waals surface area (Å²) in [5.41, 5.74) is 0.166. The highest BCUT2D eigenvalue weighted by atomic mass is 127. The van der Waals surface area contributed by atoms with Crippen molar-refractivity contribution in [3.8, 4) is 5.75 Å². The van der Waals surface area contributed by atoms with Crippen molar-refractivity contribution in [3.05, 3.63) is 73.7 Å². The van der Waals surface area contributed by atoms with Crippen LogP contribution in [0.5, 0.6) is 5.75 Å². The molecule has 9 heteroatoms. The number of nitro groups is 1. The van der Waals surface area contributed by atoms with Gasteiger partial charge in [0.2, 0.25) is 0 Å². The SMILES string of the molecule is O=C1[C]C(=O)c2cc(C(=O)O)ccc2O1.O=[N+]([O-])c1ccccc1I. The number of nitrogens with zero attached hydrogens (tertiary/aromatic N) is 1. The highest BCUT2D eigenvalue weighted by molar-refractivity contribution is 14.1. The molecular weight excluding hydrogens is 445 g/mol. The molecule has 0 saturated heterocycles. The Morgan fingerprint density at radius 1 is 1.20 bits per heavy atom. The van der Waals surface area contributed by atoms with E-state index in [2.05, 4.69) is 4.74 Å². The third-order valence-electron chi connectivity index (χ3n) is 2.94. The molecule has 1 heterocycles. The standard InChI is InChI=1S/C10H4O5.C6H4INO2/c11-7-4-9(12)15-8-2-1-5(10(13)14)3-6(7)8;7-5-3-1-2-4-6(5)8(9)10/h1-3H,(H,13,14);1-4H. The van der Waals surface area contributed by atoms with Crippen LogP contribution in [0.25, 0.3) is 0 Å². The van der Waals surface area contributed by atoms with Crippen LogP contribution in [0, 0.1) is 20.1 Å². The lowest BCUT2D eigenvalue weighted by Gasteiger charge is -2.13. The molecule has 25 heavy (non-hydrogen) atoms. The smallest absolute Gasteiger partial charge is 0.335 e. The van der Waals surface area contributed by atoms with Gasteiger partial charge in [-0.25, -0.2) is 4.79 Å². The fraction of sp³-hybridized carbons (Fsp3) is 0. The Balaban J connectivity index is 0.000000196. The summed E-state index contributed by atoms with van der Waals surface area (Å²) in [6.45, 7) is 0. The number of halogens is 1. The summed E-state index contributed by atoms with van der Waals surface area (Å²) in [6.07, 6.45) is 1.91. The first-order valence-corrected chi connectivity index (χ1v) is 7.67. The minimum absolute atomic E-state index is 0.0366. The summed E-state index contributed by atoms with van der Waals surface area (Å²) in [5.74, 6) is -2.61. The fourth-order valence-corrected chi connectivity index (χ4v) is 2.40. The summed E-state index contributed by atoms with van der Waals surface area (Å²) < 4.78 is 5.34. The van der Waals surface area contributed by atoms with Crippen molar-refractivity contribution in [2.45, 2.75) is 0 Å². The molecule has 0 spiro atoms. The molecule has 1 aliphatic rings. The maximum atomic E-state index is 11.3. The Labute approximate surface area is 154 Å². The summed E-state index contributed by atoms with van der Waals surface area (Å²) in [4.78, 5) is 42.5. The van der Waals surface area contributed by atoms with Gasteiger partial charge < -0.3 is 9.84 Å². The predicted octanol–water partition coefficient (Wildman–Crippen LogP) is 2.77.